The van der Waals surface area contributed by atoms with E-state index in [1.165, 1.54) is 38.5 Å². The molecule has 2 fully saturated rings. The summed E-state index contributed by atoms with van der Waals surface area (Å²) in [6.07, 6.45) is 8.00. The van der Waals surface area contributed by atoms with Crippen LogP contribution in [0.1, 0.15) is 50.2 Å². The summed E-state index contributed by atoms with van der Waals surface area (Å²) in [5.74, 6) is 3.28. The average molecular weight is 207 g/mol. The minimum Gasteiger partial charge on any atom is -0.491 e. The van der Waals surface area contributed by atoms with Crippen LogP contribution in [0.2, 0.25) is 0 Å². The lowest BCUT2D eigenvalue weighted by molar-refractivity contribution is 0.221. The Labute approximate surface area is 89.5 Å². The lowest BCUT2D eigenvalue weighted by Gasteiger charge is -2.30. The van der Waals surface area contributed by atoms with Crippen molar-refractivity contribution in [3.8, 4) is 5.88 Å². The summed E-state index contributed by atoms with van der Waals surface area (Å²) >= 11 is 0. The molecule has 3 nitrogen and oxygen atoms in total. The van der Waals surface area contributed by atoms with Gasteiger partial charge in [-0.2, -0.15) is 0 Å². The summed E-state index contributed by atoms with van der Waals surface area (Å²) in [7, 11) is 0. The Morgan fingerprint density at radius 2 is 2.07 bits per heavy atom. The number of aromatic nitrogens is 1. The Morgan fingerprint density at radius 3 is 2.87 bits per heavy atom. The Morgan fingerprint density at radius 1 is 1.20 bits per heavy atom. The van der Waals surface area contributed by atoms with Crippen LogP contribution in [-0.4, -0.2) is 10.3 Å². The molecule has 0 radical (unpaired) electrons. The van der Waals surface area contributed by atoms with Gasteiger partial charge < -0.3 is 9.63 Å². The molecule has 2 aliphatic rings. The van der Waals surface area contributed by atoms with Crippen LogP contribution in [-0.2, 0) is 0 Å². The minimum absolute atomic E-state index is 0.0264. The number of hydrogen-bond donors (Lipinski definition) is 1. The highest BCUT2D eigenvalue weighted by molar-refractivity contribution is 5.14. The van der Waals surface area contributed by atoms with Gasteiger partial charge in [0.1, 0.15) is 5.76 Å². The first-order valence-electron chi connectivity index (χ1n) is 5.98. The van der Waals surface area contributed by atoms with Crippen LogP contribution in [0.25, 0.3) is 0 Å². The summed E-state index contributed by atoms with van der Waals surface area (Å²) in [6, 6.07) is 1.68. The van der Waals surface area contributed by atoms with Crippen LogP contribution in [0.3, 0.4) is 0 Å². The third-order valence-electron chi connectivity index (χ3n) is 4.21. The van der Waals surface area contributed by atoms with Crippen molar-refractivity contribution in [1.29, 1.82) is 0 Å². The van der Waals surface area contributed by atoms with E-state index in [0.717, 1.165) is 17.6 Å². The largest absolute Gasteiger partial charge is 0.491 e. The van der Waals surface area contributed by atoms with Gasteiger partial charge in [0.05, 0.1) is 0 Å². The number of rotatable bonds is 1. The molecule has 3 unspecified atom stereocenters. The van der Waals surface area contributed by atoms with Gasteiger partial charge >= 0.3 is 0 Å². The van der Waals surface area contributed by atoms with Crippen molar-refractivity contribution in [2.24, 2.45) is 11.8 Å². The first kappa shape index (κ1) is 9.25. The predicted octanol–water partition coefficient (Wildman–Crippen LogP) is 3.06. The maximum Gasteiger partial charge on any atom is 0.251 e. The molecule has 0 bridgehead atoms. The fourth-order valence-electron chi connectivity index (χ4n) is 3.43. The molecular formula is C12H17NO2. The van der Waals surface area contributed by atoms with Gasteiger partial charge in [-0.3, -0.25) is 0 Å². The van der Waals surface area contributed by atoms with Gasteiger partial charge in [0.2, 0.25) is 0 Å². The monoisotopic (exact) mass is 207 g/mol. The molecule has 0 aliphatic heterocycles. The van der Waals surface area contributed by atoms with E-state index in [4.69, 9.17) is 9.63 Å². The number of hydrogen-bond acceptors (Lipinski definition) is 3. The third kappa shape index (κ3) is 1.64. The zero-order valence-corrected chi connectivity index (χ0v) is 8.85. The highest BCUT2D eigenvalue weighted by Crippen LogP contribution is 2.47. The molecule has 0 saturated heterocycles. The Balaban J connectivity index is 1.73. The van der Waals surface area contributed by atoms with E-state index in [-0.39, 0.29) is 5.88 Å². The summed E-state index contributed by atoms with van der Waals surface area (Å²) in [4.78, 5) is 0. The van der Waals surface area contributed by atoms with Crippen LogP contribution in [0.15, 0.2) is 10.6 Å². The van der Waals surface area contributed by atoms with Crippen molar-refractivity contribution in [2.45, 2.75) is 44.4 Å². The second kappa shape index (κ2) is 3.54. The molecule has 3 rings (SSSR count). The van der Waals surface area contributed by atoms with Crippen molar-refractivity contribution in [3.63, 3.8) is 0 Å². The van der Waals surface area contributed by atoms with Gasteiger partial charge in [-0.1, -0.05) is 19.3 Å². The molecule has 82 valence electrons. The van der Waals surface area contributed by atoms with E-state index in [1.807, 2.05) is 0 Å². The Hall–Kier alpha value is -0.990. The summed E-state index contributed by atoms with van der Waals surface area (Å²) in [5, 5.41) is 12.7. The van der Waals surface area contributed by atoms with E-state index >= 15 is 0 Å². The molecule has 0 amide bonds. The second-order valence-corrected chi connectivity index (χ2v) is 5.05. The molecule has 2 aliphatic carbocycles. The fraction of sp³-hybridized carbons (Fsp3) is 0.750. The quantitative estimate of drug-likeness (QED) is 0.769. The minimum atomic E-state index is 0.0264. The maximum atomic E-state index is 9.17. The predicted molar refractivity (Wildman–Crippen MR) is 55.6 cm³/mol. The van der Waals surface area contributed by atoms with Gasteiger partial charge in [0, 0.05) is 12.0 Å². The Bertz CT molecular complexity index is 347. The van der Waals surface area contributed by atoms with Crippen LogP contribution >= 0.6 is 0 Å². The number of fused-ring (bicyclic) bond motifs is 1. The molecule has 3 atom stereocenters. The standard InChI is InChI=1S/C12H17NO2/c14-12-7-11(15-13-12)10-5-4-8-2-1-3-9(8)6-10/h7-10H,1-6H2,(H,13,14). The van der Waals surface area contributed by atoms with Gasteiger partial charge in [-0.15, -0.1) is 0 Å². The smallest absolute Gasteiger partial charge is 0.251 e. The summed E-state index contributed by atoms with van der Waals surface area (Å²) in [6.45, 7) is 0. The fourth-order valence-corrected chi connectivity index (χ4v) is 3.43. The van der Waals surface area contributed by atoms with Crippen LogP contribution in [0, 0.1) is 11.8 Å². The molecule has 1 heterocycles. The topological polar surface area (TPSA) is 46.3 Å². The summed E-state index contributed by atoms with van der Waals surface area (Å²) in [5.41, 5.74) is 0. The van der Waals surface area contributed by atoms with E-state index in [9.17, 15) is 0 Å². The second-order valence-electron chi connectivity index (χ2n) is 5.05. The van der Waals surface area contributed by atoms with Crippen LogP contribution in [0.4, 0.5) is 0 Å². The number of aromatic hydroxyl groups is 1. The van der Waals surface area contributed by atoms with Gasteiger partial charge in [-0.25, -0.2) is 0 Å². The molecule has 1 aromatic heterocycles. The summed E-state index contributed by atoms with van der Waals surface area (Å²) < 4.78 is 5.15. The lowest BCUT2D eigenvalue weighted by Crippen LogP contribution is -2.19. The van der Waals surface area contributed by atoms with Crippen molar-refractivity contribution in [3.05, 3.63) is 11.8 Å². The molecule has 1 aromatic rings. The van der Waals surface area contributed by atoms with Crippen molar-refractivity contribution in [2.75, 3.05) is 0 Å². The average Bonchev–Trinajstić information content (AvgIpc) is 2.84. The molecule has 0 aromatic carbocycles. The highest BCUT2D eigenvalue weighted by Gasteiger charge is 2.35. The van der Waals surface area contributed by atoms with Gasteiger partial charge in [-0.05, 0) is 36.3 Å². The van der Waals surface area contributed by atoms with Crippen LogP contribution in [0.5, 0.6) is 5.88 Å². The highest BCUT2D eigenvalue weighted by atomic mass is 16.5. The van der Waals surface area contributed by atoms with Gasteiger partial charge in [0.25, 0.3) is 5.88 Å². The van der Waals surface area contributed by atoms with Crippen LogP contribution < -0.4 is 0 Å². The van der Waals surface area contributed by atoms with E-state index in [2.05, 4.69) is 5.16 Å². The first-order valence-corrected chi connectivity index (χ1v) is 5.98. The van der Waals surface area contributed by atoms with E-state index < -0.39 is 0 Å². The molecule has 0 spiro atoms. The number of nitrogens with zero attached hydrogens (tertiary/aromatic N) is 1. The Kier molecular flexibility index (Phi) is 2.19. The van der Waals surface area contributed by atoms with Crippen molar-refractivity contribution in [1.82, 2.24) is 5.16 Å². The lowest BCUT2D eigenvalue weighted by atomic mass is 9.75. The van der Waals surface area contributed by atoms with E-state index in [1.54, 1.807) is 6.07 Å². The molecule has 1 N–H and O–H groups in total. The maximum absolute atomic E-state index is 9.17. The SMILES string of the molecule is Oc1cc(C2CCC3CCCC3C2)on1. The first-order chi connectivity index (χ1) is 7.33. The van der Waals surface area contributed by atoms with E-state index in [0.29, 0.717) is 5.92 Å². The molecule has 2 saturated carbocycles. The van der Waals surface area contributed by atoms with Crippen molar-refractivity contribution < 1.29 is 9.63 Å². The zero-order valence-electron chi connectivity index (χ0n) is 8.85. The molecular weight excluding hydrogens is 190 g/mol. The van der Waals surface area contributed by atoms with Crippen molar-refractivity contribution >= 4 is 0 Å². The van der Waals surface area contributed by atoms with Gasteiger partial charge in [0.15, 0.2) is 0 Å². The molecule has 3 heteroatoms. The third-order valence-corrected chi connectivity index (χ3v) is 4.21. The normalized spacial score (nSPS) is 35.3. The molecule has 15 heavy (non-hydrogen) atoms. The zero-order chi connectivity index (χ0) is 10.3.